The van der Waals surface area contributed by atoms with Gasteiger partial charge in [0.05, 0.1) is 0 Å². The minimum Gasteiger partial charge on any atom is -0.337 e. The number of likely N-dealkylation sites (N-methyl/N-ethyl adjacent to an activating group) is 1. The smallest absolute Gasteiger partial charge is 0.225 e. The molecule has 0 aliphatic carbocycles. The quantitative estimate of drug-likeness (QED) is 0.888. The summed E-state index contributed by atoms with van der Waals surface area (Å²) in [5.41, 5.74) is 1.31. The molecule has 1 fully saturated rings. The molecule has 1 unspecified atom stereocenters. The van der Waals surface area contributed by atoms with Crippen LogP contribution in [0.3, 0.4) is 0 Å². The molecule has 1 aliphatic rings. The van der Waals surface area contributed by atoms with Crippen molar-refractivity contribution in [1.82, 2.24) is 15.3 Å². The van der Waals surface area contributed by atoms with Gasteiger partial charge in [0.15, 0.2) is 0 Å². The van der Waals surface area contributed by atoms with Gasteiger partial charge in [0.2, 0.25) is 5.95 Å². The Hall–Kier alpha value is -1.16. The summed E-state index contributed by atoms with van der Waals surface area (Å²) in [7, 11) is 2.00. The Morgan fingerprint density at radius 2 is 2.00 bits per heavy atom. The number of aromatic nitrogens is 2. The van der Waals surface area contributed by atoms with E-state index in [1.54, 1.807) is 0 Å². The van der Waals surface area contributed by atoms with Crippen LogP contribution in [0.2, 0.25) is 0 Å². The van der Waals surface area contributed by atoms with Crippen LogP contribution in [0.25, 0.3) is 0 Å². The zero-order chi connectivity index (χ0) is 13.2. The third-order valence-electron chi connectivity index (χ3n) is 3.58. The van der Waals surface area contributed by atoms with E-state index in [4.69, 9.17) is 0 Å². The Balaban J connectivity index is 2.14. The Morgan fingerprint density at radius 1 is 1.33 bits per heavy atom. The molecule has 0 saturated carbocycles. The fourth-order valence-corrected chi connectivity index (χ4v) is 2.40. The Morgan fingerprint density at radius 3 is 2.56 bits per heavy atom. The maximum Gasteiger partial charge on any atom is 0.225 e. The van der Waals surface area contributed by atoms with Crippen molar-refractivity contribution >= 4 is 5.95 Å². The molecule has 0 bridgehead atoms. The number of hydrogen-bond donors (Lipinski definition) is 1. The van der Waals surface area contributed by atoms with Gasteiger partial charge in [0, 0.05) is 31.5 Å². The van der Waals surface area contributed by atoms with Gasteiger partial charge in [-0.1, -0.05) is 20.8 Å². The molecule has 100 valence electrons. The first-order valence-electron chi connectivity index (χ1n) is 6.76. The van der Waals surface area contributed by atoms with Crippen molar-refractivity contribution in [1.29, 1.82) is 0 Å². The molecule has 2 rings (SSSR count). The molecular weight excluding hydrogens is 224 g/mol. The maximum absolute atomic E-state index is 4.55. The predicted octanol–water partition coefficient (Wildman–Crippen LogP) is 1.96. The summed E-state index contributed by atoms with van der Waals surface area (Å²) in [6.45, 7) is 8.63. The molecule has 1 saturated heterocycles. The molecule has 1 N–H and O–H groups in total. The van der Waals surface area contributed by atoms with Gasteiger partial charge >= 0.3 is 0 Å². The Kier molecular flexibility index (Phi) is 3.85. The van der Waals surface area contributed by atoms with E-state index < -0.39 is 0 Å². The van der Waals surface area contributed by atoms with Crippen LogP contribution in [-0.2, 0) is 5.41 Å². The van der Waals surface area contributed by atoms with Crippen LogP contribution < -0.4 is 10.2 Å². The highest BCUT2D eigenvalue weighted by molar-refractivity contribution is 5.34. The topological polar surface area (TPSA) is 41.0 Å². The van der Waals surface area contributed by atoms with E-state index in [2.05, 4.69) is 41.0 Å². The summed E-state index contributed by atoms with van der Waals surface area (Å²) in [5, 5.41) is 3.25. The second-order valence-electron chi connectivity index (χ2n) is 6.07. The molecule has 0 radical (unpaired) electrons. The molecular formula is C14H24N4. The SMILES string of the molecule is CNCC1CCCN1c1ncc(C(C)(C)C)cn1. The Labute approximate surface area is 110 Å². The first kappa shape index (κ1) is 13.3. The largest absolute Gasteiger partial charge is 0.337 e. The van der Waals surface area contributed by atoms with Crippen molar-refractivity contribution in [2.75, 3.05) is 25.0 Å². The van der Waals surface area contributed by atoms with Crippen LogP contribution in [-0.4, -0.2) is 36.1 Å². The van der Waals surface area contributed by atoms with E-state index in [9.17, 15) is 0 Å². The standard InChI is InChI=1S/C14H24N4/c1-14(2,3)11-8-16-13(17-9-11)18-7-5-6-12(18)10-15-4/h8-9,12,15H,5-7,10H2,1-4H3. The van der Waals surface area contributed by atoms with Gasteiger partial charge in [-0.15, -0.1) is 0 Å². The highest BCUT2D eigenvalue weighted by Crippen LogP contribution is 2.24. The van der Waals surface area contributed by atoms with Gasteiger partial charge in [-0.2, -0.15) is 0 Å². The van der Waals surface area contributed by atoms with Crippen LogP contribution in [0.4, 0.5) is 5.95 Å². The van der Waals surface area contributed by atoms with E-state index in [1.807, 2.05) is 19.4 Å². The summed E-state index contributed by atoms with van der Waals surface area (Å²) in [4.78, 5) is 11.4. The third-order valence-corrected chi connectivity index (χ3v) is 3.58. The minimum atomic E-state index is 0.119. The van der Waals surface area contributed by atoms with Crippen molar-refractivity contribution < 1.29 is 0 Å². The first-order valence-corrected chi connectivity index (χ1v) is 6.76. The van der Waals surface area contributed by atoms with Gasteiger partial charge in [0.25, 0.3) is 0 Å². The van der Waals surface area contributed by atoms with Gasteiger partial charge in [-0.05, 0) is 30.9 Å². The maximum atomic E-state index is 4.55. The van der Waals surface area contributed by atoms with Crippen LogP contribution in [0.1, 0.15) is 39.2 Å². The fourth-order valence-electron chi connectivity index (χ4n) is 2.40. The van der Waals surface area contributed by atoms with E-state index >= 15 is 0 Å². The second-order valence-corrected chi connectivity index (χ2v) is 6.07. The van der Waals surface area contributed by atoms with Crippen LogP contribution in [0.15, 0.2) is 12.4 Å². The summed E-state index contributed by atoms with van der Waals surface area (Å²) in [6, 6.07) is 0.537. The Bertz CT molecular complexity index is 380. The van der Waals surface area contributed by atoms with E-state index in [1.165, 1.54) is 18.4 Å². The van der Waals surface area contributed by atoms with Crippen molar-refractivity contribution in [2.45, 2.75) is 45.1 Å². The summed E-state index contributed by atoms with van der Waals surface area (Å²) in [6.07, 6.45) is 6.40. The summed E-state index contributed by atoms with van der Waals surface area (Å²) < 4.78 is 0. The first-order chi connectivity index (χ1) is 8.52. The number of rotatable bonds is 3. The average Bonchev–Trinajstić information content (AvgIpc) is 2.77. The lowest BCUT2D eigenvalue weighted by Gasteiger charge is -2.25. The monoisotopic (exact) mass is 248 g/mol. The molecule has 1 atom stereocenters. The van der Waals surface area contributed by atoms with E-state index in [0.717, 1.165) is 19.0 Å². The van der Waals surface area contributed by atoms with E-state index in [0.29, 0.717) is 6.04 Å². The normalized spacial score (nSPS) is 20.4. The van der Waals surface area contributed by atoms with Crippen molar-refractivity contribution in [3.8, 4) is 0 Å². The highest BCUT2D eigenvalue weighted by Gasteiger charge is 2.26. The van der Waals surface area contributed by atoms with Crippen molar-refractivity contribution in [3.05, 3.63) is 18.0 Å². The van der Waals surface area contributed by atoms with Crippen LogP contribution in [0.5, 0.6) is 0 Å². The number of hydrogen-bond acceptors (Lipinski definition) is 4. The second kappa shape index (κ2) is 5.22. The van der Waals surface area contributed by atoms with Gasteiger partial charge in [-0.3, -0.25) is 0 Å². The molecule has 0 aromatic carbocycles. The fraction of sp³-hybridized carbons (Fsp3) is 0.714. The molecule has 2 heterocycles. The molecule has 4 heteroatoms. The molecule has 1 aromatic rings. The predicted molar refractivity (Wildman–Crippen MR) is 75.0 cm³/mol. The lowest BCUT2D eigenvalue weighted by atomic mass is 9.89. The van der Waals surface area contributed by atoms with Gasteiger partial charge in [-0.25, -0.2) is 9.97 Å². The summed E-state index contributed by atoms with van der Waals surface area (Å²) in [5.74, 6) is 0.876. The minimum absolute atomic E-state index is 0.119. The third kappa shape index (κ3) is 2.80. The summed E-state index contributed by atoms with van der Waals surface area (Å²) >= 11 is 0. The number of anilines is 1. The molecule has 4 nitrogen and oxygen atoms in total. The number of nitrogens with zero attached hydrogens (tertiary/aromatic N) is 3. The zero-order valence-corrected chi connectivity index (χ0v) is 11.9. The lowest BCUT2D eigenvalue weighted by Crippen LogP contribution is -2.37. The molecule has 0 amide bonds. The molecule has 1 aliphatic heterocycles. The molecule has 1 aromatic heterocycles. The highest BCUT2D eigenvalue weighted by atomic mass is 15.3. The van der Waals surface area contributed by atoms with Crippen molar-refractivity contribution in [3.63, 3.8) is 0 Å². The van der Waals surface area contributed by atoms with E-state index in [-0.39, 0.29) is 5.41 Å². The van der Waals surface area contributed by atoms with Crippen molar-refractivity contribution in [2.24, 2.45) is 0 Å². The lowest BCUT2D eigenvalue weighted by molar-refractivity contribution is 0.579. The molecule has 18 heavy (non-hydrogen) atoms. The molecule has 0 spiro atoms. The van der Waals surface area contributed by atoms with Crippen LogP contribution >= 0.6 is 0 Å². The average molecular weight is 248 g/mol. The zero-order valence-electron chi connectivity index (χ0n) is 11.9. The van der Waals surface area contributed by atoms with Gasteiger partial charge < -0.3 is 10.2 Å². The van der Waals surface area contributed by atoms with Crippen LogP contribution in [0, 0.1) is 0 Å². The number of nitrogens with one attached hydrogen (secondary N) is 1. The van der Waals surface area contributed by atoms with Gasteiger partial charge in [0.1, 0.15) is 0 Å².